The van der Waals surface area contributed by atoms with E-state index in [1.165, 1.54) is 12.0 Å². The highest BCUT2D eigenvalue weighted by Crippen LogP contribution is 2.24. The maximum atomic E-state index is 14.1. The number of hydrogen-bond donors (Lipinski definition) is 1. The smallest absolute Gasteiger partial charge is 0.244 e. The molecule has 3 aromatic rings. The maximum absolute atomic E-state index is 14.1. The Hall–Kier alpha value is -3.56. The van der Waals surface area contributed by atoms with E-state index in [4.69, 9.17) is 16.3 Å². The Kier molecular flexibility index (Phi) is 11.0. The van der Waals surface area contributed by atoms with Gasteiger partial charge in [-0.15, -0.1) is 0 Å². The molecule has 8 nitrogen and oxygen atoms in total. The van der Waals surface area contributed by atoms with Gasteiger partial charge < -0.3 is 15.0 Å². The van der Waals surface area contributed by atoms with Crippen molar-refractivity contribution in [1.82, 2.24) is 10.2 Å². The summed E-state index contributed by atoms with van der Waals surface area (Å²) in [5.74, 6) is -0.182. The highest BCUT2D eigenvalue weighted by atomic mass is 35.5. The molecule has 0 aliphatic rings. The SMILES string of the molecule is COc1cccc(N(CC(=O)N(Cc2ccc(Cl)cc2)[C@H](Cc2ccccc2)C(=O)NCC(C)C)S(C)(=O)=O)c1. The molecule has 0 aromatic heterocycles. The predicted molar refractivity (Wildman–Crippen MR) is 159 cm³/mol. The van der Waals surface area contributed by atoms with Crippen LogP contribution in [0, 0.1) is 5.92 Å². The lowest BCUT2D eigenvalue weighted by molar-refractivity contribution is -0.140. The number of anilines is 1. The summed E-state index contributed by atoms with van der Waals surface area (Å²) in [5.41, 5.74) is 1.90. The molecule has 0 spiro atoms. The Bertz CT molecular complexity index is 1380. The second kappa shape index (κ2) is 14.2. The zero-order valence-corrected chi connectivity index (χ0v) is 24.8. The number of hydrogen-bond acceptors (Lipinski definition) is 5. The average Bonchev–Trinajstić information content (AvgIpc) is 2.93. The van der Waals surface area contributed by atoms with E-state index < -0.39 is 28.5 Å². The number of sulfonamides is 1. The summed E-state index contributed by atoms with van der Waals surface area (Å²) in [4.78, 5) is 29.1. The molecule has 0 unspecified atom stereocenters. The van der Waals surface area contributed by atoms with Gasteiger partial charge in [-0.3, -0.25) is 13.9 Å². The van der Waals surface area contributed by atoms with E-state index >= 15 is 0 Å². The molecule has 1 N–H and O–H groups in total. The normalized spacial score (nSPS) is 12.1. The molecular weight excluding hydrogens is 550 g/mol. The monoisotopic (exact) mass is 585 g/mol. The lowest BCUT2D eigenvalue weighted by Gasteiger charge is -2.33. The van der Waals surface area contributed by atoms with E-state index in [9.17, 15) is 18.0 Å². The number of rotatable bonds is 13. The van der Waals surface area contributed by atoms with E-state index in [2.05, 4.69) is 5.32 Å². The number of nitrogens with one attached hydrogen (secondary N) is 1. The van der Waals surface area contributed by atoms with E-state index in [-0.39, 0.29) is 30.5 Å². The largest absolute Gasteiger partial charge is 0.497 e. The predicted octanol–water partition coefficient (Wildman–Crippen LogP) is 4.53. The van der Waals surface area contributed by atoms with Crippen molar-refractivity contribution < 1.29 is 22.7 Å². The van der Waals surface area contributed by atoms with Crippen molar-refractivity contribution in [3.05, 3.63) is 95.0 Å². The number of methoxy groups -OCH3 is 1. The first-order valence-electron chi connectivity index (χ1n) is 12.9. The summed E-state index contributed by atoms with van der Waals surface area (Å²) in [6, 6.07) is 22.0. The highest BCUT2D eigenvalue weighted by Gasteiger charge is 2.33. The summed E-state index contributed by atoms with van der Waals surface area (Å²) in [7, 11) is -2.38. The van der Waals surface area contributed by atoms with Gasteiger partial charge in [-0.2, -0.15) is 0 Å². The molecule has 214 valence electrons. The quantitative estimate of drug-likeness (QED) is 0.318. The van der Waals surface area contributed by atoms with E-state index in [0.29, 0.717) is 17.3 Å². The standard InChI is InChI=1S/C30H36ClN3O5S/c1-22(2)19-32-30(36)28(17-23-9-6-5-7-10-23)33(20-24-13-15-25(31)16-14-24)29(35)21-34(40(4,37)38)26-11-8-12-27(18-26)39-3/h5-16,18,22,28H,17,19-21H2,1-4H3,(H,32,36)/t28-/m1/s1. The van der Waals surface area contributed by atoms with Crippen molar-refractivity contribution in [2.45, 2.75) is 32.9 Å². The van der Waals surface area contributed by atoms with Crippen molar-refractivity contribution in [3.63, 3.8) is 0 Å². The molecule has 0 saturated heterocycles. The van der Waals surface area contributed by atoms with Gasteiger partial charge in [-0.25, -0.2) is 8.42 Å². The van der Waals surface area contributed by atoms with Gasteiger partial charge in [0.1, 0.15) is 18.3 Å². The third kappa shape index (κ3) is 8.99. The number of carbonyl (C=O) groups is 2. The second-order valence-corrected chi connectivity index (χ2v) is 12.3. The van der Waals surface area contributed by atoms with Crippen LogP contribution in [0.5, 0.6) is 5.75 Å². The minimum absolute atomic E-state index is 0.0817. The Balaban J connectivity index is 2.04. The summed E-state index contributed by atoms with van der Waals surface area (Å²) in [5, 5.41) is 3.50. The fourth-order valence-corrected chi connectivity index (χ4v) is 5.11. The molecular formula is C30H36ClN3O5S. The van der Waals surface area contributed by atoms with Crippen LogP contribution >= 0.6 is 11.6 Å². The van der Waals surface area contributed by atoms with Crippen LogP contribution < -0.4 is 14.4 Å². The Labute approximate surface area is 241 Å². The van der Waals surface area contributed by atoms with Crippen LogP contribution in [0.1, 0.15) is 25.0 Å². The van der Waals surface area contributed by atoms with Gasteiger partial charge in [0.15, 0.2) is 0 Å². The first-order chi connectivity index (χ1) is 19.0. The molecule has 0 heterocycles. The molecule has 10 heteroatoms. The Morgan fingerprint density at radius 1 is 0.950 bits per heavy atom. The fraction of sp³-hybridized carbons (Fsp3) is 0.333. The van der Waals surface area contributed by atoms with Crippen LogP contribution in [-0.4, -0.2) is 57.6 Å². The fourth-order valence-electron chi connectivity index (χ4n) is 4.14. The van der Waals surface area contributed by atoms with Crippen LogP contribution in [-0.2, 0) is 32.6 Å². The molecule has 1 atom stereocenters. The molecule has 0 aliphatic carbocycles. The summed E-state index contributed by atoms with van der Waals surface area (Å²) in [6.45, 7) is 4.00. The van der Waals surface area contributed by atoms with Crippen molar-refractivity contribution in [1.29, 1.82) is 0 Å². The number of amides is 2. The molecule has 2 amide bonds. The Morgan fingerprint density at radius 2 is 1.62 bits per heavy atom. The third-order valence-electron chi connectivity index (χ3n) is 6.24. The van der Waals surface area contributed by atoms with Gasteiger partial charge in [-0.1, -0.05) is 74.0 Å². The van der Waals surface area contributed by atoms with Crippen molar-refractivity contribution in [3.8, 4) is 5.75 Å². The number of benzene rings is 3. The molecule has 3 rings (SSSR count). The molecule has 0 fully saturated rings. The molecule has 0 aliphatic heterocycles. The van der Waals surface area contributed by atoms with Crippen LogP contribution in [0.2, 0.25) is 5.02 Å². The Morgan fingerprint density at radius 3 is 2.23 bits per heavy atom. The number of nitrogens with zero attached hydrogens (tertiary/aromatic N) is 2. The van der Waals surface area contributed by atoms with Crippen LogP contribution in [0.3, 0.4) is 0 Å². The third-order valence-corrected chi connectivity index (χ3v) is 7.63. The van der Waals surface area contributed by atoms with Crippen molar-refractivity contribution >= 4 is 39.1 Å². The lowest BCUT2D eigenvalue weighted by Crippen LogP contribution is -2.53. The molecule has 0 radical (unpaired) electrons. The average molecular weight is 586 g/mol. The molecule has 40 heavy (non-hydrogen) atoms. The minimum atomic E-state index is -3.86. The van der Waals surface area contributed by atoms with Gasteiger partial charge >= 0.3 is 0 Å². The first-order valence-corrected chi connectivity index (χ1v) is 15.2. The second-order valence-electron chi connectivity index (χ2n) is 9.96. The number of halogens is 1. The van der Waals surface area contributed by atoms with E-state index in [0.717, 1.165) is 21.7 Å². The molecule has 0 saturated carbocycles. The van der Waals surface area contributed by atoms with Gasteiger partial charge in [0.25, 0.3) is 0 Å². The first kappa shape index (κ1) is 31.0. The summed E-state index contributed by atoms with van der Waals surface area (Å²) < 4.78 is 32.0. The van der Waals surface area contributed by atoms with Crippen LogP contribution in [0.15, 0.2) is 78.9 Å². The number of ether oxygens (including phenoxy) is 1. The maximum Gasteiger partial charge on any atom is 0.244 e. The topological polar surface area (TPSA) is 96.0 Å². The van der Waals surface area contributed by atoms with E-state index in [1.54, 1.807) is 48.5 Å². The summed E-state index contributed by atoms with van der Waals surface area (Å²) in [6.07, 6.45) is 1.29. The summed E-state index contributed by atoms with van der Waals surface area (Å²) >= 11 is 6.09. The van der Waals surface area contributed by atoms with Gasteiger partial charge in [0.05, 0.1) is 19.1 Å². The van der Waals surface area contributed by atoms with Gasteiger partial charge in [0.2, 0.25) is 21.8 Å². The molecule has 0 bridgehead atoms. The van der Waals surface area contributed by atoms with E-state index in [1.807, 2.05) is 44.2 Å². The zero-order valence-electron chi connectivity index (χ0n) is 23.2. The van der Waals surface area contributed by atoms with Gasteiger partial charge in [-0.05, 0) is 41.3 Å². The van der Waals surface area contributed by atoms with Crippen molar-refractivity contribution in [2.75, 3.05) is 30.8 Å². The highest BCUT2D eigenvalue weighted by molar-refractivity contribution is 7.92. The van der Waals surface area contributed by atoms with Crippen molar-refractivity contribution in [2.24, 2.45) is 5.92 Å². The van der Waals surface area contributed by atoms with Gasteiger partial charge in [0, 0.05) is 30.6 Å². The lowest BCUT2D eigenvalue weighted by atomic mass is 10.0. The minimum Gasteiger partial charge on any atom is -0.497 e. The van der Waals surface area contributed by atoms with Crippen LogP contribution in [0.25, 0.3) is 0 Å². The molecule has 3 aromatic carbocycles. The zero-order chi connectivity index (χ0) is 29.3. The number of carbonyl (C=O) groups excluding carboxylic acids is 2. The van der Waals surface area contributed by atoms with Crippen LogP contribution in [0.4, 0.5) is 5.69 Å².